The Bertz CT molecular complexity index is 308. The van der Waals surface area contributed by atoms with Crippen molar-refractivity contribution in [1.82, 2.24) is 19.9 Å². The largest absolute Gasteiger partial charge is 0.392 e. The number of nitrogens with two attached hydrogens (primary N) is 1. The number of thiocarbonyl (C=S) groups is 1. The summed E-state index contributed by atoms with van der Waals surface area (Å²) in [6.45, 7) is 4.33. The first kappa shape index (κ1) is 11.1. The molecule has 5 nitrogen and oxygen atoms in total. The van der Waals surface area contributed by atoms with Crippen LogP contribution in [-0.4, -0.2) is 38.0 Å². The number of likely N-dealkylation sites (N-methyl/N-ethyl adjacent to an activating group) is 1. The molecule has 1 heterocycles. The molecule has 1 rings (SSSR count). The van der Waals surface area contributed by atoms with Crippen molar-refractivity contribution >= 4 is 17.2 Å². The van der Waals surface area contributed by atoms with Crippen molar-refractivity contribution in [3.8, 4) is 0 Å². The fourth-order valence-electron chi connectivity index (χ4n) is 1.20. The van der Waals surface area contributed by atoms with E-state index in [1.807, 2.05) is 13.2 Å². The first-order valence-electron chi connectivity index (χ1n) is 4.47. The van der Waals surface area contributed by atoms with Crippen molar-refractivity contribution in [1.29, 1.82) is 0 Å². The van der Waals surface area contributed by atoms with Gasteiger partial charge in [-0.05, 0) is 6.54 Å². The maximum Gasteiger partial charge on any atom is 0.0967 e. The molecular formula is C8H15N5S. The average Bonchev–Trinajstić information content (AvgIpc) is 2.49. The van der Waals surface area contributed by atoms with Gasteiger partial charge in [-0.1, -0.05) is 24.4 Å². The molecule has 0 aliphatic carbocycles. The van der Waals surface area contributed by atoms with Crippen LogP contribution in [0.4, 0.5) is 0 Å². The Morgan fingerprint density at radius 3 is 2.86 bits per heavy atom. The van der Waals surface area contributed by atoms with Crippen LogP contribution in [0.3, 0.4) is 0 Å². The lowest BCUT2D eigenvalue weighted by Gasteiger charge is -2.17. The molecule has 1 aromatic heterocycles. The normalized spacial score (nSPS) is 10.8. The minimum atomic E-state index is 0.510. The van der Waals surface area contributed by atoms with E-state index in [2.05, 4.69) is 22.1 Å². The van der Waals surface area contributed by atoms with E-state index in [4.69, 9.17) is 18.0 Å². The summed E-state index contributed by atoms with van der Waals surface area (Å²) < 4.78 is 1.68. The fourth-order valence-corrected chi connectivity index (χ4v) is 1.38. The molecule has 1 aromatic rings. The molecule has 2 N–H and O–H groups in total. The SMILES string of the molecule is CCN(CC(N)=S)Cc1cn(C)nn1. The number of rotatable bonds is 5. The lowest BCUT2D eigenvalue weighted by atomic mass is 10.4. The van der Waals surface area contributed by atoms with Gasteiger partial charge >= 0.3 is 0 Å². The lowest BCUT2D eigenvalue weighted by Crippen LogP contribution is -2.32. The van der Waals surface area contributed by atoms with Gasteiger partial charge in [0.2, 0.25) is 0 Å². The molecule has 0 saturated carbocycles. The minimum absolute atomic E-state index is 0.510. The summed E-state index contributed by atoms with van der Waals surface area (Å²) in [4.78, 5) is 2.63. The molecule has 0 spiro atoms. The number of hydrogen-bond acceptors (Lipinski definition) is 4. The molecular weight excluding hydrogens is 198 g/mol. The van der Waals surface area contributed by atoms with Crippen LogP contribution >= 0.6 is 12.2 Å². The first-order chi connectivity index (χ1) is 6.61. The first-order valence-corrected chi connectivity index (χ1v) is 4.88. The Morgan fingerprint density at radius 1 is 1.71 bits per heavy atom. The molecule has 0 fully saturated rings. The average molecular weight is 213 g/mol. The predicted molar refractivity (Wildman–Crippen MR) is 58.7 cm³/mol. The third kappa shape index (κ3) is 3.39. The smallest absolute Gasteiger partial charge is 0.0967 e. The van der Waals surface area contributed by atoms with E-state index in [0.717, 1.165) is 18.8 Å². The molecule has 0 saturated heterocycles. The van der Waals surface area contributed by atoms with Gasteiger partial charge in [-0.3, -0.25) is 9.58 Å². The topological polar surface area (TPSA) is 60.0 Å². The molecule has 14 heavy (non-hydrogen) atoms. The van der Waals surface area contributed by atoms with Gasteiger partial charge in [-0.2, -0.15) is 0 Å². The predicted octanol–water partition coefficient (Wildman–Crippen LogP) is -0.0769. The molecule has 0 aliphatic heterocycles. The zero-order valence-corrected chi connectivity index (χ0v) is 9.29. The van der Waals surface area contributed by atoms with Crippen LogP contribution < -0.4 is 5.73 Å². The van der Waals surface area contributed by atoms with Gasteiger partial charge in [-0.25, -0.2) is 0 Å². The van der Waals surface area contributed by atoms with E-state index in [-0.39, 0.29) is 0 Å². The van der Waals surface area contributed by atoms with Crippen LogP contribution in [0.5, 0.6) is 0 Å². The van der Waals surface area contributed by atoms with Crippen LogP contribution in [0.15, 0.2) is 6.20 Å². The summed E-state index contributed by atoms with van der Waals surface area (Å²) in [7, 11) is 1.85. The Balaban J connectivity index is 2.52. The van der Waals surface area contributed by atoms with Crippen LogP contribution in [0.25, 0.3) is 0 Å². The number of aryl methyl sites for hydroxylation is 1. The Hall–Kier alpha value is -1.01. The van der Waals surface area contributed by atoms with E-state index in [1.165, 1.54) is 0 Å². The summed E-state index contributed by atoms with van der Waals surface area (Å²) >= 11 is 4.85. The third-order valence-electron chi connectivity index (χ3n) is 1.86. The van der Waals surface area contributed by atoms with Crippen LogP contribution in [-0.2, 0) is 13.6 Å². The zero-order chi connectivity index (χ0) is 10.6. The molecule has 0 aromatic carbocycles. The van der Waals surface area contributed by atoms with Crippen molar-refractivity contribution in [3.63, 3.8) is 0 Å². The van der Waals surface area contributed by atoms with Crippen LogP contribution in [0.2, 0.25) is 0 Å². The summed E-state index contributed by atoms with van der Waals surface area (Å²) in [6.07, 6.45) is 1.89. The molecule has 78 valence electrons. The minimum Gasteiger partial charge on any atom is -0.392 e. The molecule has 0 bridgehead atoms. The lowest BCUT2D eigenvalue weighted by molar-refractivity contribution is 0.317. The van der Waals surface area contributed by atoms with Crippen molar-refractivity contribution in [2.45, 2.75) is 13.5 Å². The van der Waals surface area contributed by atoms with E-state index in [9.17, 15) is 0 Å². The van der Waals surface area contributed by atoms with Crippen LogP contribution in [0.1, 0.15) is 12.6 Å². The summed E-state index contributed by atoms with van der Waals surface area (Å²) in [5.74, 6) is 0. The van der Waals surface area contributed by atoms with E-state index >= 15 is 0 Å². The van der Waals surface area contributed by atoms with Gasteiger partial charge in [0.25, 0.3) is 0 Å². The monoisotopic (exact) mass is 213 g/mol. The molecule has 6 heteroatoms. The number of nitrogens with zero attached hydrogens (tertiary/aromatic N) is 4. The van der Waals surface area contributed by atoms with Crippen molar-refractivity contribution < 1.29 is 0 Å². The summed E-state index contributed by atoms with van der Waals surface area (Å²) in [5, 5.41) is 7.86. The maximum absolute atomic E-state index is 5.48. The fraction of sp³-hybridized carbons (Fsp3) is 0.625. The van der Waals surface area contributed by atoms with Gasteiger partial charge in [0.15, 0.2) is 0 Å². The highest BCUT2D eigenvalue weighted by Gasteiger charge is 2.07. The Labute approximate surface area is 88.9 Å². The Kier molecular flexibility index (Phi) is 3.97. The van der Waals surface area contributed by atoms with Gasteiger partial charge in [0.05, 0.1) is 10.7 Å². The van der Waals surface area contributed by atoms with E-state index in [0.29, 0.717) is 11.5 Å². The van der Waals surface area contributed by atoms with Crippen molar-refractivity contribution in [2.24, 2.45) is 12.8 Å². The second-order valence-electron chi connectivity index (χ2n) is 3.15. The highest BCUT2D eigenvalue weighted by molar-refractivity contribution is 7.80. The second-order valence-corrected chi connectivity index (χ2v) is 3.68. The highest BCUT2D eigenvalue weighted by atomic mass is 32.1. The molecule has 0 atom stereocenters. The summed E-state index contributed by atoms with van der Waals surface area (Å²) in [6, 6.07) is 0. The van der Waals surface area contributed by atoms with E-state index in [1.54, 1.807) is 4.68 Å². The third-order valence-corrected chi connectivity index (χ3v) is 1.99. The number of hydrogen-bond donors (Lipinski definition) is 1. The highest BCUT2D eigenvalue weighted by Crippen LogP contribution is 1.99. The standard InChI is InChI=1S/C8H15N5S/c1-3-13(6-8(9)14)5-7-4-12(2)11-10-7/h4H,3,5-6H2,1-2H3,(H2,9,14). The second kappa shape index (κ2) is 5.02. The molecule has 0 amide bonds. The van der Waals surface area contributed by atoms with Crippen molar-refractivity contribution in [3.05, 3.63) is 11.9 Å². The van der Waals surface area contributed by atoms with Gasteiger partial charge in [0, 0.05) is 26.3 Å². The van der Waals surface area contributed by atoms with Crippen LogP contribution in [0, 0.1) is 0 Å². The number of aromatic nitrogens is 3. The zero-order valence-electron chi connectivity index (χ0n) is 8.47. The van der Waals surface area contributed by atoms with Gasteiger partial charge in [0.1, 0.15) is 0 Å². The van der Waals surface area contributed by atoms with Gasteiger partial charge in [-0.15, -0.1) is 5.10 Å². The molecule has 0 unspecified atom stereocenters. The maximum atomic E-state index is 5.48. The van der Waals surface area contributed by atoms with E-state index < -0.39 is 0 Å². The Morgan fingerprint density at radius 2 is 2.43 bits per heavy atom. The molecule has 0 aliphatic rings. The quantitative estimate of drug-likeness (QED) is 0.693. The summed E-state index contributed by atoms with van der Waals surface area (Å²) in [5.41, 5.74) is 6.41. The van der Waals surface area contributed by atoms with Gasteiger partial charge < -0.3 is 5.73 Å². The molecule has 0 radical (unpaired) electrons. The van der Waals surface area contributed by atoms with Crippen molar-refractivity contribution in [2.75, 3.05) is 13.1 Å².